The molecule has 0 aromatic rings. The first-order valence-electron chi connectivity index (χ1n) is 7.05. The lowest BCUT2D eigenvalue weighted by Gasteiger charge is -2.28. The minimum Gasteiger partial charge on any atom is -0.396 e. The highest BCUT2D eigenvalue weighted by Gasteiger charge is 2.31. The SMILES string of the molecule is CCNC(CCO)CS(=O)(=O)C1CCCC(C)C1. The first kappa shape index (κ1) is 15.9. The molecule has 0 bridgehead atoms. The van der Waals surface area contributed by atoms with Crippen LogP contribution in [0.25, 0.3) is 0 Å². The summed E-state index contributed by atoms with van der Waals surface area (Å²) >= 11 is 0. The van der Waals surface area contributed by atoms with Gasteiger partial charge in [0.25, 0.3) is 0 Å². The number of rotatable bonds is 7. The van der Waals surface area contributed by atoms with Crippen LogP contribution in [0.15, 0.2) is 0 Å². The monoisotopic (exact) mass is 277 g/mol. The summed E-state index contributed by atoms with van der Waals surface area (Å²) < 4.78 is 24.7. The van der Waals surface area contributed by atoms with Crippen molar-refractivity contribution in [1.29, 1.82) is 0 Å². The minimum absolute atomic E-state index is 0.0360. The Labute approximate surface area is 111 Å². The number of hydrogen-bond donors (Lipinski definition) is 2. The van der Waals surface area contributed by atoms with E-state index in [0.29, 0.717) is 12.3 Å². The number of nitrogens with one attached hydrogen (secondary N) is 1. The summed E-state index contributed by atoms with van der Waals surface area (Å²) in [5.74, 6) is 0.688. The quantitative estimate of drug-likeness (QED) is 0.737. The van der Waals surface area contributed by atoms with E-state index < -0.39 is 9.84 Å². The molecule has 0 aromatic carbocycles. The van der Waals surface area contributed by atoms with Gasteiger partial charge in [0, 0.05) is 12.6 Å². The maximum absolute atomic E-state index is 12.4. The van der Waals surface area contributed by atoms with E-state index in [0.717, 1.165) is 32.2 Å². The Morgan fingerprint density at radius 1 is 1.39 bits per heavy atom. The Kier molecular flexibility index (Phi) is 6.60. The highest BCUT2D eigenvalue weighted by molar-refractivity contribution is 7.92. The van der Waals surface area contributed by atoms with Crippen LogP contribution < -0.4 is 5.32 Å². The molecule has 2 N–H and O–H groups in total. The maximum Gasteiger partial charge on any atom is 0.154 e. The lowest BCUT2D eigenvalue weighted by atomic mass is 9.91. The van der Waals surface area contributed by atoms with E-state index >= 15 is 0 Å². The second-order valence-corrected chi connectivity index (χ2v) is 7.82. The maximum atomic E-state index is 12.4. The molecule has 0 aromatic heterocycles. The fourth-order valence-electron chi connectivity index (χ4n) is 2.81. The van der Waals surface area contributed by atoms with Crippen LogP contribution in [0.4, 0.5) is 0 Å². The second-order valence-electron chi connectivity index (χ2n) is 5.49. The fourth-order valence-corrected chi connectivity index (χ4v) is 5.08. The highest BCUT2D eigenvalue weighted by Crippen LogP contribution is 2.29. The second kappa shape index (κ2) is 7.46. The minimum atomic E-state index is -3.03. The van der Waals surface area contributed by atoms with E-state index in [1.807, 2.05) is 6.92 Å². The largest absolute Gasteiger partial charge is 0.396 e. The van der Waals surface area contributed by atoms with Gasteiger partial charge in [0.15, 0.2) is 9.84 Å². The van der Waals surface area contributed by atoms with Gasteiger partial charge < -0.3 is 10.4 Å². The zero-order chi connectivity index (χ0) is 13.6. The number of sulfone groups is 1. The average Bonchev–Trinajstić information content (AvgIpc) is 2.29. The van der Waals surface area contributed by atoms with Gasteiger partial charge in [0.05, 0.1) is 11.0 Å². The molecule has 0 amide bonds. The first-order valence-corrected chi connectivity index (χ1v) is 8.77. The molecule has 3 atom stereocenters. The lowest BCUT2D eigenvalue weighted by molar-refractivity contribution is 0.270. The van der Waals surface area contributed by atoms with Crippen molar-refractivity contribution in [3.8, 4) is 0 Å². The zero-order valence-electron chi connectivity index (χ0n) is 11.6. The highest BCUT2D eigenvalue weighted by atomic mass is 32.2. The predicted molar refractivity (Wildman–Crippen MR) is 74.4 cm³/mol. The molecule has 1 rings (SSSR count). The molecular weight excluding hydrogens is 250 g/mol. The van der Waals surface area contributed by atoms with E-state index in [-0.39, 0.29) is 23.7 Å². The molecule has 18 heavy (non-hydrogen) atoms. The standard InChI is InChI=1S/C13H27NO3S/c1-3-14-12(7-8-15)10-18(16,17)13-6-4-5-11(2)9-13/h11-15H,3-10H2,1-2H3. The van der Waals surface area contributed by atoms with Crippen molar-refractivity contribution in [2.75, 3.05) is 18.9 Å². The summed E-state index contributed by atoms with van der Waals surface area (Å²) in [7, 11) is -3.03. The van der Waals surface area contributed by atoms with Crippen LogP contribution in [0.3, 0.4) is 0 Å². The van der Waals surface area contributed by atoms with E-state index in [9.17, 15) is 8.42 Å². The number of hydrogen-bond acceptors (Lipinski definition) is 4. The van der Waals surface area contributed by atoms with Gasteiger partial charge in [-0.2, -0.15) is 0 Å². The number of aliphatic hydroxyl groups is 1. The van der Waals surface area contributed by atoms with E-state index in [4.69, 9.17) is 5.11 Å². The van der Waals surface area contributed by atoms with Crippen LogP contribution in [-0.4, -0.2) is 43.7 Å². The topological polar surface area (TPSA) is 66.4 Å². The van der Waals surface area contributed by atoms with E-state index in [1.54, 1.807) is 0 Å². The molecule has 108 valence electrons. The van der Waals surface area contributed by atoms with Crippen molar-refractivity contribution in [3.05, 3.63) is 0 Å². The van der Waals surface area contributed by atoms with E-state index in [2.05, 4.69) is 12.2 Å². The van der Waals surface area contributed by atoms with Crippen LogP contribution in [0.2, 0.25) is 0 Å². The van der Waals surface area contributed by atoms with Gasteiger partial charge in [-0.15, -0.1) is 0 Å². The summed E-state index contributed by atoms with van der Waals surface area (Å²) in [4.78, 5) is 0. The van der Waals surface area contributed by atoms with E-state index in [1.165, 1.54) is 0 Å². The van der Waals surface area contributed by atoms with Crippen molar-refractivity contribution >= 4 is 9.84 Å². The third kappa shape index (κ3) is 4.86. The van der Waals surface area contributed by atoms with Crippen molar-refractivity contribution in [3.63, 3.8) is 0 Å². The molecular formula is C13H27NO3S. The Hall–Kier alpha value is -0.130. The Balaban J connectivity index is 2.60. The summed E-state index contributed by atoms with van der Waals surface area (Å²) in [6.07, 6.45) is 4.30. The van der Waals surface area contributed by atoms with Crippen LogP contribution in [0, 0.1) is 5.92 Å². The molecule has 1 saturated carbocycles. The summed E-state index contributed by atoms with van der Waals surface area (Å²) in [5.41, 5.74) is 0. The van der Waals surface area contributed by atoms with Crippen LogP contribution in [-0.2, 0) is 9.84 Å². The summed E-state index contributed by atoms with van der Waals surface area (Å²) in [6, 6.07) is -0.109. The van der Waals surface area contributed by atoms with Gasteiger partial charge in [-0.25, -0.2) is 8.42 Å². The molecule has 0 aliphatic heterocycles. The van der Waals surface area contributed by atoms with Crippen molar-refractivity contribution in [2.24, 2.45) is 5.92 Å². The zero-order valence-corrected chi connectivity index (χ0v) is 12.4. The van der Waals surface area contributed by atoms with Gasteiger partial charge in [-0.1, -0.05) is 26.7 Å². The first-order chi connectivity index (χ1) is 8.49. The molecule has 5 heteroatoms. The Morgan fingerprint density at radius 2 is 2.11 bits per heavy atom. The smallest absolute Gasteiger partial charge is 0.154 e. The average molecular weight is 277 g/mol. The fraction of sp³-hybridized carbons (Fsp3) is 1.00. The molecule has 0 radical (unpaired) electrons. The van der Waals surface area contributed by atoms with Gasteiger partial charge in [-0.3, -0.25) is 0 Å². The molecule has 1 aliphatic carbocycles. The Bertz CT molecular complexity index is 323. The molecule has 0 spiro atoms. The molecule has 1 aliphatic rings. The number of aliphatic hydroxyl groups excluding tert-OH is 1. The van der Waals surface area contributed by atoms with Gasteiger partial charge in [0.1, 0.15) is 0 Å². The lowest BCUT2D eigenvalue weighted by Crippen LogP contribution is -2.40. The summed E-state index contributed by atoms with van der Waals surface area (Å²) in [5, 5.41) is 12.0. The predicted octanol–water partition coefficient (Wildman–Crippen LogP) is 1.34. The molecule has 0 heterocycles. The normalized spacial score (nSPS) is 27.1. The Morgan fingerprint density at radius 3 is 2.67 bits per heavy atom. The molecule has 0 saturated heterocycles. The summed E-state index contributed by atoms with van der Waals surface area (Å²) in [6.45, 7) is 4.87. The molecule has 3 unspecified atom stereocenters. The molecule has 4 nitrogen and oxygen atoms in total. The van der Waals surface area contributed by atoms with Crippen molar-refractivity contribution < 1.29 is 13.5 Å². The van der Waals surface area contributed by atoms with Crippen LogP contribution in [0.1, 0.15) is 46.0 Å². The van der Waals surface area contributed by atoms with Gasteiger partial charge >= 0.3 is 0 Å². The molecule has 1 fully saturated rings. The van der Waals surface area contributed by atoms with Crippen molar-refractivity contribution in [2.45, 2.75) is 57.2 Å². The van der Waals surface area contributed by atoms with Gasteiger partial charge in [0.2, 0.25) is 0 Å². The third-order valence-electron chi connectivity index (χ3n) is 3.80. The third-order valence-corrected chi connectivity index (χ3v) is 6.11. The van der Waals surface area contributed by atoms with Crippen LogP contribution >= 0.6 is 0 Å². The van der Waals surface area contributed by atoms with Crippen molar-refractivity contribution in [1.82, 2.24) is 5.32 Å². The van der Waals surface area contributed by atoms with Gasteiger partial charge in [-0.05, 0) is 31.7 Å². The van der Waals surface area contributed by atoms with Crippen LogP contribution in [0.5, 0.6) is 0 Å².